The Balaban J connectivity index is 2.43. The first-order valence-corrected chi connectivity index (χ1v) is 6.92. The van der Waals surface area contributed by atoms with E-state index in [0.717, 1.165) is 11.8 Å². The summed E-state index contributed by atoms with van der Waals surface area (Å²) >= 11 is 0. The highest BCUT2D eigenvalue weighted by molar-refractivity contribution is 7.91. The molecule has 0 fully saturated rings. The van der Waals surface area contributed by atoms with Crippen LogP contribution in [0.3, 0.4) is 0 Å². The van der Waals surface area contributed by atoms with Gasteiger partial charge in [0.15, 0.2) is 9.84 Å². The van der Waals surface area contributed by atoms with Crippen molar-refractivity contribution >= 4 is 9.84 Å². The molecule has 2 atom stereocenters. The van der Waals surface area contributed by atoms with Crippen LogP contribution in [0.1, 0.15) is 17.2 Å². The maximum atomic E-state index is 11.5. The summed E-state index contributed by atoms with van der Waals surface area (Å²) in [7, 11) is -1.69. The topological polar surface area (TPSA) is 63.6 Å². The fourth-order valence-corrected chi connectivity index (χ4v) is 3.17. The zero-order chi connectivity index (χ0) is 11.9. The van der Waals surface area contributed by atoms with E-state index in [1.807, 2.05) is 6.07 Å². The van der Waals surface area contributed by atoms with Crippen molar-refractivity contribution in [1.82, 2.24) is 0 Å². The van der Waals surface area contributed by atoms with E-state index >= 15 is 0 Å². The second kappa shape index (κ2) is 3.75. The van der Waals surface area contributed by atoms with Crippen LogP contribution < -0.4 is 4.74 Å². The van der Waals surface area contributed by atoms with Crippen LogP contribution in [0, 0.1) is 0 Å². The lowest BCUT2D eigenvalue weighted by Gasteiger charge is -2.12. The van der Waals surface area contributed by atoms with Crippen LogP contribution in [-0.4, -0.2) is 32.1 Å². The molecule has 4 nitrogen and oxygen atoms in total. The molecule has 0 bridgehead atoms. The summed E-state index contributed by atoms with van der Waals surface area (Å²) in [6.45, 7) is 0. The normalized spacial score (nSPS) is 24.2. The Hall–Kier alpha value is -1.07. The monoisotopic (exact) mass is 242 g/mol. The largest absolute Gasteiger partial charge is 0.497 e. The van der Waals surface area contributed by atoms with Gasteiger partial charge in [-0.2, -0.15) is 0 Å². The predicted octanol–water partition coefficient (Wildman–Crippen LogP) is 0.698. The van der Waals surface area contributed by atoms with E-state index in [-0.39, 0.29) is 0 Å². The molecule has 1 aromatic rings. The van der Waals surface area contributed by atoms with Gasteiger partial charge in [-0.25, -0.2) is 8.42 Å². The van der Waals surface area contributed by atoms with Crippen LogP contribution in [0.25, 0.3) is 0 Å². The Bertz CT molecular complexity index is 507. The van der Waals surface area contributed by atoms with E-state index in [9.17, 15) is 13.5 Å². The van der Waals surface area contributed by atoms with Crippen LogP contribution in [0.2, 0.25) is 0 Å². The molecule has 1 N–H and O–H groups in total. The molecule has 1 aliphatic rings. The number of benzene rings is 1. The van der Waals surface area contributed by atoms with E-state index in [0.29, 0.717) is 17.7 Å². The van der Waals surface area contributed by atoms with Gasteiger partial charge in [0.25, 0.3) is 0 Å². The van der Waals surface area contributed by atoms with E-state index < -0.39 is 21.2 Å². The fraction of sp³-hybridized carbons (Fsp3) is 0.455. The third-order valence-corrected chi connectivity index (χ3v) is 4.52. The van der Waals surface area contributed by atoms with Gasteiger partial charge in [0.05, 0.1) is 18.5 Å². The van der Waals surface area contributed by atoms with E-state index in [1.54, 1.807) is 12.1 Å². The number of hydrogen-bond acceptors (Lipinski definition) is 4. The molecule has 0 aromatic heterocycles. The van der Waals surface area contributed by atoms with Crippen LogP contribution >= 0.6 is 0 Å². The molecule has 88 valence electrons. The van der Waals surface area contributed by atoms with Gasteiger partial charge >= 0.3 is 0 Å². The number of rotatable bonds is 2. The maximum Gasteiger partial charge on any atom is 0.153 e. The predicted molar refractivity (Wildman–Crippen MR) is 60.3 cm³/mol. The summed E-state index contributed by atoms with van der Waals surface area (Å²) in [5.41, 5.74) is 1.54. The number of ether oxygens (including phenoxy) is 1. The lowest BCUT2D eigenvalue weighted by molar-refractivity contribution is 0.182. The number of aliphatic hydroxyl groups is 1. The van der Waals surface area contributed by atoms with E-state index in [4.69, 9.17) is 4.74 Å². The molecule has 0 heterocycles. The molecule has 0 spiro atoms. The van der Waals surface area contributed by atoms with Crippen LogP contribution in [0.5, 0.6) is 5.75 Å². The number of fused-ring (bicyclic) bond motifs is 1. The van der Waals surface area contributed by atoms with Crippen molar-refractivity contribution < 1.29 is 18.3 Å². The van der Waals surface area contributed by atoms with Crippen LogP contribution in [-0.2, 0) is 16.3 Å². The first kappa shape index (κ1) is 11.4. The molecule has 0 saturated carbocycles. The Morgan fingerprint density at radius 2 is 2.12 bits per heavy atom. The molecule has 1 aromatic carbocycles. The van der Waals surface area contributed by atoms with E-state index in [2.05, 4.69) is 0 Å². The second-order valence-corrected chi connectivity index (χ2v) is 6.35. The zero-order valence-corrected chi connectivity index (χ0v) is 9.99. The Kier molecular flexibility index (Phi) is 2.67. The molecule has 1 aliphatic carbocycles. The number of methoxy groups -OCH3 is 1. The number of sulfone groups is 1. The van der Waals surface area contributed by atoms with Gasteiger partial charge in [0, 0.05) is 6.26 Å². The molecule has 0 amide bonds. The molecule has 2 unspecified atom stereocenters. The Morgan fingerprint density at radius 3 is 2.69 bits per heavy atom. The van der Waals surface area contributed by atoms with Crippen molar-refractivity contribution in [2.24, 2.45) is 0 Å². The van der Waals surface area contributed by atoms with Crippen molar-refractivity contribution in [3.8, 4) is 5.75 Å². The minimum Gasteiger partial charge on any atom is -0.497 e. The van der Waals surface area contributed by atoms with Crippen LogP contribution in [0.15, 0.2) is 18.2 Å². The highest BCUT2D eigenvalue weighted by Crippen LogP contribution is 2.36. The van der Waals surface area contributed by atoms with Gasteiger partial charge in [0.1, 0.15) is 5.75 Å². The van der Waals surface area contributed by atoms with Crippen LogP contribution in [0.4, 0.5) is 0 Å². The first-order valence-electron chi connectivity index (χ1n) is 4.97. The number of hydrogen-bond donors (Lipinski definition) is 1. The van der Waals surface area contributed by atoms with Gasteiger partial charge in [-0.1, -0.05) is 6.07 Å². The molecule has 0 saturated heterocycles. The van der Waals surface area contributed by atoms with Crippen molar-refractivity contribution in [2.45, 2.75) is 17.8 Å². The quantitative estimate of drug-likeness (QED) is 0.829. The minimum atomic E-state index is -3.23. The molecule has 16 heavy (non-hydrogen) atoms. The summed E-state index contributed by atoms with van der Waals surface area (Å²) in [5.74, 6) is 0.631. The fourth-order valence-electron chi connectivity index (χ4n) is 2.08. The summed E-state index contributed by atoms with van der Waals surface area (Å²) in [6, 6.07) is 5.28. The summed E-state index contributed by atoms with van der Waals surface area (Å²) in [5, 5.41) is 9.23. The Morgan fingerprint density at radius 1 is 1.44 bits per heavy atom. The summed E-state index contributed by atoms with van der Waals surface area (Å²) in [4.78, 5) is 0. The lowest BCUT2D eigenvalue weighted by atomic mass is 10.1. The summed E-state index contributed by atoms with van der Waals surface area (Å²) in [6.07, 6.45) is 0.587. The van der Waals surface area contributed by atoms with Gasteiger partial charge < -0.3 is 9.84 Å². The zero-order valence-electron chi connectivity index (χ0n) is 9.17. The van der Waals surface area contributed by atoms with Crippen molar-refractivity contribution in [3.63, 3.8) is 0 Å². The smallest absolute Gasteiger partial charge is 0.153 e. The number of aliphatic hydroxyl groups excluding tert-OH is 1. The second-order valence-electron chi connectivity index (χ2n) is 4.08. The lowest BCUT2D eigenvalue weighted by Crippen LogP contribution is -2.24. The van der Waals surface area contributed by atoms with Gasteiger partial charge in [-0.05, 0) is 29.7 Å². The average Bonchev–Trinajstić information content (AvgIpc) is 2.55. The standard InChI is InChI=1S/C11H14O4S/c1-15-8-4-3-7-5-10(16(2,13)14)11(12)9(7)6-8/h3-4,6,10-12H,5H2,1-2H3. The van der Waals surface area contributed by atoms with Crippen molar-refractivity contribution in [3.05, 3.63) is 29.3 Å². The average molecular weight is 242 g/mol. The highest BCUT2D eigenvalue weighted by Gasteiger charge is 2.37. The van der Waals surface area contributed by atoms with Crippen molar-refractivity contribution in [1.29, 1.82) is 0 Å². The third-order valence-electron chi connectivity index (χ3n) is 2.99. The SMILES string of the molecule is COc1ccc2c(c1)C(O)C(S(C)(=O)=O)C2. The molecule has 0 aliphatic heterocycles. The maximum absolute atomic E-state index is 11.5. The van der Waals surface area contributed by atoms with Gasteiger partial charge in [-0.15, -0.1) is 0 Å². The molecule has 0 radical (unpaired) electrons. The highest BCUT2D eigenvalue weighted by atomic mass is 32.2. The Labute approximate surface area is 94.8 Å². The molecule has 2 rings (SSSR count). The molecule has 5 heteroatoms. The minimum absolute atomic E-state index is 0.374. The first-order chi connectivity index (χ1) is 7.43. The van der Waals surface area contributed by atoms with Crippen molar-refractivity contribution in [2.75, 3.05) is 13.4 Å². The molecular weight excluding hydrogens is 228 g/mol. The third kappa shape index (κ3) is 1.81. The van der Waals surface area contributed by atoms with Gasteiger partial charge in [0.2, 0.25) is 0 Å². The van der Waals surface area contributed by atoms with E-state index in [1.165, 1.54) is 7.11 Å². The molecular formula is C11H14O4S. The van der Waals surface area contributed by atoms with Gasteiger partial charge in [-0.3, -0.25) is 0 Å². The summed E-state index contributed by atoms with van der Waals surface area (Å²) < 4.78 is 28.0.